The molecule has 3 heteroatoms. The Labute approximate surface area is 96.3 Å². The molecule has 16 heavy (non-hydrogen) atoms. The van der Waals surface area contributed by atoms with Gasteiger partial charge < -0.3 is 10.1 Å². The maximum absolute atomic E-state index is 5.85. The maximum Gasteiger partial charge on any atom is 0.140 e. The zero-order valence-electron chi connectivity index (χ0n) is 10.1. The van der Waals surface area contributed by atoms with Gasteiger partial charge in [-0.15, -0.1) is 0 Å². The number of aromatic nitrogens is 2. The Hall–Kier alpha value is -1.35. The van der Waals surface area contributed by atoms with Gasteiger partial charge in [-0.05, 0) is 30.9 Å². The van der Waals surface area contributed by atoms with E-state index >= 15 is 0 Å². The molecule has 2 aromatic rings. The van der Waals surface area contributed by atoms with Crippen molar-refractivity contribution in [2.45, 2.75) is 39.2 Å². The fourth-order valence-electron chi connectivity index (χ4n) is 1.87. The average Bonchev–Trinajstić information content (AvgIpc) is 2.61. The number of fused-ring (bicyclic) bond motifs is 1. The topological polar surface area (TPSA) is 43.3 Å². The van der Waals surface area contributed by atoms with Crippen LogP contribution in [0.4, 0.5) is 0 Å². The summed E-state index contributed by atoms with van der Waals surface area (Å²) in [5.74, 6) is 0.461. The van der Waals surface area contributed by atoms with Gasteiger partial charge in [0.1, 0.15) is 5.65 Å². The third-order valence-electron chi connectivity index (χ3n) is 2.72. The molecule has 0 saturated carbocycles. The highest BCUT2D eigenvalue weighted by molar-refractivity contribution is 5.49. The second-order valence-corrected chi connectivity index (χ2v) is 4.77. The number of hydrogen-bond donors (Lipinski definition) is 1. The van der Waals surface area contributed by atoms with Crippen molar-refractivity contribution in [3.63, 3.8) is 0 Å². The SMILES string of the molecule is CC(N)Cc1cccn2cc(C(C)C)nc12. The van der Waals surface area contributed by atoms with Crippen LogP contribution in [0.15, 0.2) is 24.5 Å². The molecule has 0 aliphatic carbocycles. The van der Waals surface area contributed by atoms with Crippen LogP contribution >= 0.6 is 0 Å². The summed E-state index contributed by atoms with van der Waals surface area (Å²) in [6, 6.07) is 4.33. The van der Waals surface area contributed by atoms with Crippen LogP contribution < -0.4 is 5.73 Å². The van der Waals surface area contributed by atoms with E-state index in [9.17, 15) is 0 Å². The Morgan fingerprint density at radius 1 is 1.38 bits per heavy atom. The monoisotopic (exact) mass is 217 g/mol. The summed E-state index contributed by atoms with van der Waals surface area (Å²) in [4.78, 5) is 4.67. The largest absolute Gasteiger partial charge is 0.328 e. The third-order valence-corrected chi connectivity index (χ3v) is 2.72. The first-order valence-corrected chi connectivity index (χ1v) is 5.80. The lowest BCUT2D eigenvalue weighted by Crippen LogP contribution is -2.18. The van der Waals surface area contributed by atoms with Gasteiger partial charge in [0, 0.05) is 18.4 Å². The van der Waals surface area contributed by atoms with E-state index in [1.165, 1.54) is 5.56 Å². The molecule has 0 saturated heterocycles. The Morgan fingerprint density at radius 3 is 2.75 bits per heavy atom. The molecule has 0 fully saturated rings. The van der Waals surface area contributed by atoms with E-state index in [-0.39, 0.29) is 6.04 Å². The molecule has 0 aliphatic rings. The van der Waals surface area contributed by atoms with Gasteiger partial charge in [-0.25, -0.2) is 4.98 Å². The van der Waals surface area contributed by atoms with Crippen molar-refractivity contribution < 1.29 is 0 Å². The average molecular weight is 217 g/mol. The van der Waals surface area contributed by atoms with Crippen molar-refractivity contribution in [3.8, 4) is 0 Å². The smallest absolute Gasteiger partial charge is 0.140 e. The zero-order valence-corrected chi connectivity index (χ0v) is 10.1. The lowest BCUT2D eigenvalue weighted by atomic mass is 10.1. The minimum absolute atomic E-state index is 0.172. The van der Waals surface area contributed by atoms with Crippen LogP contribution in [0.1, 0.15) is 37.9 Å². The summed E-state index contributed by atoms with van der Waals surface area (Å²) in [6.07, 6.45) is 5.02. The van der Waals surface area contributed by atoms with Gasteiger partial charge >= 0.3 is 0 Å². The summed E-state index contributed by atoms with van der Waals surface area (Å²) in [6.45, 7) is 6.34. The van der Waals surface area contributed by atoms with Crippen molar-refractivity contribution >= 4 is 5.65 Å². The van der Waals surface area contributed by atoms with E-state index < -0.39 is 0 Å². The first kappa shape index (κ1) is 11.1. The fraction of sp³-hybridized carbons (Fsp3) is 0.462. The van der Waals surface area contributed by atoms with Crippen molar-refractivity contribution in [2.24, 2.45) is 5.73 Å². The fourth-order valence-corrected chi connectivity index (χ4v) is 1.87. The Balaban J connectivity index is 2.50. The third kappa shape index (κ3) is 2.09. The second-order valence-electron chi connectivity index (χ2n) is 4.77. The van der Waals surface area contributed by atoms with Crippen LogP contribution in [-0.4, -0.2) is 15.4 Å². The van der Waals surface area contributed by atoms with Gasteiger partial charge in [0.05, 0.1) is 5.69 Å². The molecule has 2 heterocycles. The standard InChI is InChI=1S/C13H19N3/c1-9(2)12-8-16-6-4-5-11(7-10(3)14)13(16)15-12/h4-6,8-10H,7,14H2,1-3H3. The molecule has 1 unspecified atom stereocenters. The number of pyridine rings is 1. The van der Waals surface area contributed by atoms with Crippen LogP contribution in [0, 0.1) is 0 Å². The number of imidazole rings is 1. The van der Waals surface area contributed by atoms with Gasteiger partial charge in [-0.2, -0.15) is 0 Å². The van der Waals surface area contributed by atoms with E-state index in [0.717, 1.165) is 17.8 Å². The molecule has 1 atom stereocenters. The van der Waals surface area contributed by atoms with Crippen LogP contribution in [0.25, 0.3) is 5.65 Å². The predicted molar refractivity (Wildman–Crippen MR) is 66.6 cm³/mol. The molecule has 0 radical (unpaired) electrons. The van der Waals surface area contributed by atoms with Crippen LogP contribution in [0.2, 0.25) is 0 Å². The summed E-state index contributed by atoms with van der Waals surface area (Å²) < 4.78 is 2.09. The van der Waals surface area contributed by atoms with Gasteiger partial charge in [0.2, 0.25) is 0 Å². The predicted octanol–water partition coefficient (Wildman–Crippen LogP) is 2.35. The normalized spacial score (nSPS) is 13.6. The van der Waals surface area contributed by atoms with Crippen molar-refractivity contribution in [1.82, 2.24) is 9.38 Å². The van der Waals surface area contributed by atoms with Gasteiger partial charge in [0.25, 0.3) is 0 Å². The van der Waals surface area contributed by atoms with Crippen molar-refractivity contribution in [1.29, 1.82) is 0 Å². The Bertz CT molecular complexity index is 483. The number of rotatable bonds is 3. The van der Waals surface area contributed by atoms with E-state index in [4.69, 9.17) is 5.73 Å². The molecule has 86 valence electrons. The first-order chi connectivity index (χ1) is 7.58. The molecule has 2 aromatic heterocycles. The molecule has 0 bridgehead atoms. The number of nitrogens with two attached hydrogens (primary N) is 1. The first-order valence-electron chi connectivity index (χ1n) is 5.80. The molecular formula is C13H19N3. The van der Waals surface area contributed by atoms with Crippen molar-refractivity contribution in [2.75, 3.05) is 0 Å². The second kappa shape index (κ2) is 4.26. The molecule has 0 aromatic carbocycles. The zero-order chi connectivity index (χ0) is 11.7. The summed E-state index contributed by atoms with van der Waals surface area (Å²) in [5.41, 5.74) is 9.25. The highest BCUT2D eigenvalue weighted by Gasteiger charge is 2.09. The Morgan fingerprint density at radius 2 is 2.12 bits per heavy atom. The molecule has 0 aliphatic heterocycles. The van der Waals surface area contributed by atoms with E-state index in [1.54, 1.807) is 0 Å². The van der Waals surface area contributed by atoms with E-state index in [1.807, 2.05) is 13.1 Å². The lowest BCUT2D eigenvalue weighted by molar-refractivity contribution is 0.738. The Kier molecular flexibility index (Phi) is 2.97. The summed E-state index contributed by atoms with van der Waals surface area (Å²) >= 11 is 0. The maximum atomic E-state index is 5.85. The minimum Gasteiger partial charge on any atom is -0.328 e. The van der Waals surface area contributed by atoms with Gasteiger partial charge in [0.15, 0.2) is 0 Å². The molecule has 2 rings (SSSR count). The lowest BCUT2D eigenvalue weighted by Gasteiger charge is -2.05. The van der Waals surface area contributed by atoms with Crippen LogP contribution in [0.3, 0.4) is 0 Å². The molecule has 2 N–H and O–H groups in total. The number of hydrogen-bond acceptors (Lipinski definition) is 2. The summed E-state index contributed by atoms with van der Waals surface area (Å²) in [7, 11) is 0. The highest BCUT2D eigenvalue weighted by Crippen LogP contribution is 2.17. The molecule has 3 nitrogen and oxygen atoms in total. The van der Waals surface area contributed by atoms with Crippen LogP contribution in [0.5, 0.6) is 0 Å². The molecular weight excluding hydrogens is 198 g/mol. The summed E-state index contributed by atoms with van der Waals surface area (Å²) in [5, 5.41) is 0. The quantitative estimate of drug-likeness (QED) is 0.857. The van der Waals surface area contributed by atoms with Gasteiger partial charge in [-0.1, -0.05) is 19.9 Å². The van der Waals surface area contributed by atoms with Gasteiger partial charge in [-0.3, -0.25) is 0 Å². The van der Waals surface area contributed by atoms with E-state index in [2.05, 4.69) is 41.6 Å². The number of nitrogens with zero attached hydrogens (tertiary/aromatic N) is 2. The minimum atomic E-state index is 0.172. The highest BCUT2D eigenvalue weighted by atomic mass is 15.0. The van der Waals surface area contributed by atoms with Crippen molar-refractivity contribution in [3.05, 3.63) is 35.8 Å². The molecule has 0 amide bonds. The molecule has 0 spiro atoms. The van der Waals surface area contributed by atoms with Crippen LogP contribution in [-0.2, 0) is 6.42 Å². The van der Waals surface area contributed by atoms with E-state index in [0.29, 0.717) is 5.92 Å².